The van der Waals surface area contributed by atoms with Crippen molar-refractivity contribution in [2.45, 2.75) is 26.4 Å². The molecular weight excluding hydrogens is 220 g/mol. The number of ether oxygens (including phenoxy) is 1. The maximum absolute atomic E-state index is 11.8. The number of carbonyl (C=O) groups is 1. The summed E-state index contributed by atoms with van der Waals surface area (Å²) in [6.07, 6.45) is 0.372. The first-order valence-corrected chi connectivity index (χ1v) is 5.79. The zero-order valence-electron chi connectivity index (χ0n) is 8.25. The summed E-state index contributed by atoms with van der Waals surface area (Å²) in [7, 11) is 0. The van der Waals surface area contributed by atoms with E-state index in [4.69, 9.17) is 16.3 Å². The predicted molar refractivity (Wildman–Crippen MR) is 59.4 cm³/mol. The van der Waals surface area contributed by atoms with E-state index in [1.165, 1.54) is 11.3 Å². The Morgan fingerprint density at radius 1 is 1.57 bits per heavy atom. The molecule has 0 aliphatic rings. The minimum atomic E-state index is -0.324. The first-order valence-electron chi connectivity index (χ1n) is 4.60. The van der Waals surface area contributed by atoms with Crippen molar-refractivity contribution in [3.05, 3.63) is 21.3 Å². The van der Waals surface area contributed by atoms with Crippen molar-refractivity contribution in [3.63, 3.8) is 0 Å². The first-order chi connectivity index (χ1) is 6.69. The van der Waals surface area contributed by atoms with Gasteiger partial charge in [-0.25, -0.2) is 0 Å². The molecule has 1 atom stereocenters. The van der Waals surface area contributed by atoms with Crippen LogP contribution in [0.15, 0.2) is 12.1 Å². The number of carbonyl (C=O) groups excluding carboxylic acids is 1. The molecule has 1 rings (SSSR count). The van der Waals surface area contributed by atoms with Crippen molar-refractivity contribution in [1.82, 2.24) is 0 Å². The number of hydrogen-bond acceptors (Lipinski definition) is 3. The second kappa shape index (κ2) is 5.49. The SMILES string of the molecule is CCOC(CC)C(=O)c1ccc(Cl)s1. The van der Waals surface area contributed by atoms with Gasteiger partial charge < -0.3 is 4.74 Å². The minimum absolute atomic E-state index is 0.0336. The molecular formula is C10H13ClO2S. The van der Waals surface area contributed by atoms with Crippen LogP contribution in [-0.2, 0) is 4.74 Å². The van der Waals surface area contributed by atoms with E-state index in [1.54, 1.807) is 12.1 Å². The smallest absolute Gasteiger partial charge is 0.201 e. The standard InChI is InChI=1S/C10H13ClO2S/c1-3-7(13-4-2)10(12)8-5-6-9(11)14-8/h5-7H,3-4H2,1-2H3. The topological polar surface area (TPSA) is 26.3 Å². The van der Waals surface area contributed by atoms with Crippen LogP contribution in [0.2, 0.25) is 4.34 Å². The second-order valence-corrected chi connectivity index (χ2v) is 4.54. The van der Waals surface area contributed by atoms with Crippen LogP contribution in [0.4, 0.5) is 0 Å². The van der Waals surface area contributed by atoms with Gasteiger partial charge in [0, 0.05) is 6.61 Å². The molecule has 0 N–H and O–H groups in total. The van der Waals surface area contributed by atoms with Gasteiger partial charge in [-0.05, 0) is 25.5 Å². The normalized spacial score (nSPS) is 12.8. The molecule has 2 nitrogen and oxygen atoms in total. The van der Waals surface area contributed by atoms with Crippen molar-refractivity contribution in [2.24, 2.45) is 0 Å². The molecule has 0 radical (unpaired) electrons. The maximum Gasteiger partial charge on any atom is 0.201 e. The molecule has 0 aliphatic heterocycles. The average Bonchev–Trinajstić information content (AvgIpc) is 2.60. The highest BCUT2D eigenvalue weighted by Gasteiger charge is 2.19. The number of rotatable bonds is 5. The molecule has 78 valence electrons. The Labute approximate surface area is 92.8 Å². The van der Waals surface area contributed by atoms with Gasteiger partial charge in [0.05, 0.1) is 9.21 Å². The molecule has 0 bridgehead atoms. The van der Waals surface area contributed by atoms with E-state index in [0.717, 1.165) is 0 Å². The zero-order valence-corrected chi connectivity index (χ0v) is 9.82. The molecule has 0 saturated heterocycles. The largest absolute Gasteiger partial charge is 0.370 e. The number of thiophene rings is 1. The molecule has 0 amide bonds. The van der Waals surface area contributed by atoms with Gasteiger partial charge in [-0.3, -0.25) is 4.79 Å². The monoisotopic (exact) mass is 232 g/mol. The Morgan fingerprint density at radius 3 is 2.71 bits per heavy atom. The van der Waals surface area contributed by atoms with Crippen LogP contribution in [0.1, 0.15) is 29.9 Å². The Hall–Kier alpha value is -0.380. The van der Waals surface area contributed by atoms with E-state index in [9.17, 15) is 4.79 Å². The Bertz CT molecular complexity index is 309. The molecule has 1 aromatic heterocycles. The highest BCUT2D eigenvalue weighted by atomic mass is 35.5. The molecule has 1 unspecified atom stereocenters. The fraction of sp³-hybridized carbons (Fsp3) is 0.500. The van der Waals surface area contributed by atoms with Gasteiger partial charge in [0.25, 0.3) is 0 Å². The van der Waals surface area contributed by atoms with Crippen LogP contribution >= 0.6 is 22.9 Å². The van der Waals surface area contributed by atoms with E-state index in [1.807, 2.05) is 13.8 Å². The summed E-state index contributed by atoms with van der Waals surface area (Å²) in [4.78, 5) is 12.5. The zero-order chi connectivity index (χ0) is 10.6. The van der Waals surface area contributed by atoms with Gasteiger partial charge >= 0.3 is 0 Å². The molecule has 4 heteroatoms. The summed E-state index contributed by atoms with van der Waals surface area (Å²) in [6.45, 7) is 4.38. The van der Waals surface area contributed by atoms with Crippen molar-refractivity contribution in [3.8, 4) is 0 Å². The Kier molecular flexibility index (Phi) is 4.58. The molecule has 1 heterocycles. The van der Waals surface area contributed by atoms with E-state index in [2.05, 4.69) is 0 Å². The third-order valence-electron chi connectivity index (χ3n) is 1.85. The number of ketones is 1. The van der Waals surface area contributed by atoms with E-state index < -0.39 is 0 Å². The molecule has 0 aromatic carbocycles. The van der Waals surface area contributed by atoms with Crippen molar-refractivity contribution < 1.29 is 9.53 Å². The molecule has 0 spiro atoms. The minimum Gasteiger partial charge on any atom is -0.370 e. The fourth-order valence-electron chi connectivity index (χ4n) is 1.19. The lowest BCUT2D eigenvalue weighted by Gasteiger charge is -2.11. The van der Waals surface area contributed by atoms with Gasteiger partial charge in [-0.2, -0.15) is 0 Å². The van der Waals surface area contributed by atoms with E-state index in [-0.39, 0.29) is 11.9 Å². The lowest BCUT2D eigenvalue weighted by molar-refractivity contribution is 0.0447. The van der Waals surface area contributed by atoms with Gasteiger partial charge in [-0.1, -0.05) is 18.5 Å². The molecule has 0 fully saturated rings. The summed E-state index contributed by atoms with van der Waals surface area (Å²) >= 11 is 7.06. The summed E-state index contributed by atoms with van der Waals surface area (Å²) in [6, 6.07) is 3.48. The van der Waals surface area contributed by atoms with Crippen LogP contribution in [0.5, 0.6) is 0 Å². The van der Waals surface area contributed by atoms with Crippen LogP contribution in [-0.4, -0.2) is 18.5 Å². The summed E-state index contributed by atoms with van der Waals surface area (Å²) < 4.78 is 5.97. The lowest BCUT2D eigenvalue weighted by atomic mass is 10.1. The van der Waals surface area contributed by atoms with Crippen LogP contribution in [0.25, 0.3) is 0 Å². The van der Waals surface area contributed by atoms with Crippen LogP contribution < -0.4 is 0 Å². The lowest BCUT2D eigenvalue weighted by Crippen LogP contribution is -2.22. The first kappa shape index (κ1) is 11.7. The van der Waals surface area contributed by atoms with E-state index >= 15 is 0 Å². The fourth-order valence-corrected chi connectivity index (χ4v) is 2.21. The van der Waals surface area contributed by atoms with Crippen LogP contribution in [0.3, 0.4) is 0 Å². The van der Waals surface area contributed by atoms with Crippen LogP contribution in [0, 0.1) is 0 Å². The number of Topliss-reactive ketones (excluding diaryl/α,β-unsaturated/α-hetero) is 1. The molecule has 0 aliphatic carbocycles. The third kappa shape index (κ3) is 2.80. The van der Waals surface area contributed by atoms with E-state index in [0.29, 0.717) is 22.2 Å². The number of halogens is 1. The second-order valence-electron chi connectivity index (χ2n) is 2.82. The average molecular weight is 233 g/mol. The van der Waals surface area contributed by atoms with Gasteiger partial charge in [0.1, 0.15) is 6.10 Å². The summed E-state index contributed by atoms with van der Waals surface area (Å²) in [5.41, 5.74) is 0. The molecule has 14 heavy (non-hydrogen) atoms. The van der Waals surface area contributed by atoms with Gasteiger partial charge in [0.2, 0.25) is 5.78 Å². The summed E-state index contributed by atoms with van der Waals surface area (Å²) in [5.74, 6) is 0.0336. The maximum atomic E-state index is 11.8. The van der Waals surface area contributed by atoms with Crippen molar-refractivity contribution in [2.75, 3.05) is 6.61 Å². The van der Waals surface area contributed by atoms with Gasteiger partial charge in [-0.15, -0.1) is 11.3 Å². The Morgan fingerprint density at radius 2 is 2.29 bits per heavy atom. The highest BCUT2D eigenvalue weighted by molar-refractivity contribution is 7.18. The molecule has 1 aromatic rings. The third-order valence-corrected chi connectivity index (χ3v) is 3.09. The predicted octanol–water partition coefficient (Wildman–Crippen LogP) is 3.40. The van der Waals surface area contributed by atoms with Crippen molar-refractivity contribution >= 4 is 28.7 Å². The van der Waals surface area contributed by atoms with Crippen molar-refractivity contribution in [1.29, 1.82) is 0 Å². The quantitative estimate of drug-likeness (QED) is 0.728. The highest BCUT2D eigenvalue weighted by Crippen LogP contribution is 2.23. The Balaban J connectivity index is 2.72. The number of hydrogen-bond donors (Lipinski definition) is 0. The summed E-state index contributed by atoms with van der Waals surface area (Å²) in [5, 5.41) is 0. The van der Waals surface area contributed by atoms with Gasteiger partial charge in [0.15, 0.2) is 0 Å². The molecule has 0 saturated carbocycles.